The van der Waals surface area contributed by atoms with E-state index >= 15 is 0 Å². The summed E-state index contributed by atoms with van der Waals surface area (Å²) in [5.74, 6) is -1.26. The third kappa shape index (κ3) is 1.46. The van der Waals surface area contributed by atoms with Gasteiger partial charge in [-0.25, -0.2) is 4.79 Å². The lowest BCUT2D eigenvalue weighted by atomic mass is 10.0. The molecule has 5 heteroatoms. The van der Waals surface area contributed by atoms with E-state index in [0.717, 1.165) is 0 Å². The van der Waals surface area contributed by atoms with Crippen molar-refractivity contribution in [1.82, 2.24) is 4.90 Å². The van der Waals surface area contributed by atoms with Gasteiger partial charge < -0.3 is 4.74 Å². The van der Waals surface area contributed by atoms with Gasteiger partial charge in [-0.2, -0.15) is 0 Å². The normalized spacial score (nSPS) is 20.3. The van der Waals surface area contributed by atoms with Gasteiger partial charge in [0.1, 0.15) is 5.57 Å². The Morgan fingerprint density at radius 3 is 2.55 bits per heavy atom. The molecule has 20 heavy (non-hydrogen) atoms. The topological polar surface area (TPSA) is 63.7 Å². The van der Waals surface area contributed by atoms with E-state index in [1.54, 1.807) is 38.1 Å². The maximum atomic E-state index is 12.3. The number of carbonyl (C=O) groups is 3. The molecule has 2 aliphatic heterocycles. The lowest BCUT2D eigenvalue weighted by molar-refractivity contribution is -0.139. The minimum Gasteiger partial charge on any atom is -0.462 e. The van der Waals surface area contributed by atoms with Crippen LogP contribution in [0.2, 0.25) is 0 Å². The quantitative estimate of drug-likeness (QED) is 0.602. The van der Waals surface area contributed by atoms with Crippen LogP contribution in [0.3, 0.4) is 0 Å². The molecule has 2 heterocycles. The number of hydrogen-bond acceptors (Lipinski definition) is 4. The molecule has 0 saturated heterocycles. The highest BCUT2D eigenvalue weighted by Crippen LogP contribution is 2.41. The third-order valence-corrected chi connectivity index (χ3v) is 3.60. The fraction of sp³-hybridized carbons (Fsp3) is 0.267. The second-order valence-corrected chi connectivity index (χ2v) is 4.71. The number of carbonyl (C=O) groups excluding carboxylic acids is 3. The number of fused-ring (bicyclic) bond motifs is 3. The molecule has 0 N–H and O–H groups in total. The van der Waals surface area contributed by atoms with Crippen molar-refractivity contribution in [1.29, 1.82) is 0 Å². The monoisotopic (exact) mass is 271 g/mol. The van der Waals surface area contributed by atoms with Crippen LogP contribution in [0.25, 0.3) is 5.70 Å². The van der Waals surface area contributed by atoms with Crippen LogP contribution in [-0.2, 0) is 14.3 Å². The van der Waals surface area contributed by atoms with Crippen LogP contribution in [0, 0.1) is 0 Å². The zero-order valence-corrected chi connectivity index (χ0v) is 11.2. The van der Waals surface area contributed by atoms with Crippen LogP contribution in [-0.4, -0.2) is 35.2 Å². The molecule has 3 rings (SSSR count). The smallest absolute Gasteiger partial charge is 0.344 e. The number of Topliss-reactive ketones (excluding diaryl/α,β-unsaturated/α-hetero) is 1. The number of rotatable bonds is 2. The molecular weight excluding hydrogens is 258 g/mol. The fourth-order valence-corrected chi connectivity index (χ4v) is 2.71. The summed E-state index contributed by atoms with van der Waals surface area (Å²) in [5, 5.41) is 0. The van der Waals surface area contributed by atoms with Gasteiger partial charge in [0, 0.05) is 11.1 Å². The third-order valence-electron chi connectivity index (χ3n) is 3.60. The molecule has 1 unspecified atom stereocenters. The Balaban J connectivity index is 2.24. The van der Waals surface area contributed by atoms with Gasteiger partial charge in [0.15, 0.2) is 5.78 Å². The number of ketones is 1. The number of ether oxygens (including phenoxy) is 1. The van der Waals surface area contributed by atoms with Gasteiger partial charge >= 0.3 is 5.97 Å². The SMILES string of the molecule is CCOC(=O)C1=C2c3ccccc3C(=O)N2C(C)C1=O. The molecule has 0 aromatic heterocycles. The van der Waals surface area contributed by atoms with E-state index < -0.39 is 12.0 Å². The molecule has 0 fully saturated rings. The number of amides is 1. The van der Waals surface area contributed by atoms with E-state index in [1.807, 2.05) is 0 Å². The average molecular weight is 271 g/mol. The predicted molar refractivity (Wildman–Crippen MR) is 70.6 cm³/mol. The van der Waals surface area contributed by atoms with Gasteiger partial charge in [-0.05, 0) is 19.9 Å². The molecule has 102 valence electrons. The Bertz CT molecular complexity index is 674. The van der Waals surface area contributed by atoms with Gasteiger partial charge in [0.2, 0.25) is 0 Å². The first kappa shape index (κ1) is 12.6. The first-order chi connectivity index (χ1) is 9.57. The highest BCUT2D eigenvalue weighted by molar-refractivity contribution is 6.32. The molecule has 0 bridgehead atoms. The first-order valence-corrected chi connectivity index (χ1v) is 6.46. The summed E-state index contributed by atoms with van der Waals surface area (Å²) >= 11 is 0. The molecule has 0 aliphatic carbocycles. The minimum absolute atomic E-state index is 0.0161. The summed E-state index contributed by atoms with van der Waals surface area (Å²) in [5.41, 5.74) is 1.51. The predicted octanol–water partition coefficient (Wildman–Crippen LogP) is 1.39. The summed E-state index contributed by atoms with van der Waals surface area (Å²) in [4.78, 5) is 38.0. The maximum absolute atomic E-state index is 12.3. The summed E-state index contributed by atoms with van der Waals surface area (Å²) in [7, 11) is 0. The lowest BCUT2D eigenvalue weighted by Gasteiger charge is -2.16. The molecule has 2 aliphatic rings. The van der Waals surface area contributed by atoms with Crippen molar-refractivity contribution in [2.75, 3.05) is 6.61 Å². The van der Waals surface area contributed by atoms with Gasteiger partial charge in [-0.3, -0.25) is 14.5 Å². The number of benzene rings is 1. The van der Waals surface area contributed by atoms with Gasteiger partial charge in [0.25, 0.3) is 5.91 Å². The van der Waals surface area contributed by atoms with E-state index in [4.69, 9.17) is 4.74 Å². The molecule has 1 aromatic carbocycles. The van der Waals surface area contributed by atoms with Gasteiger partial charge in [-0.15, -0.1) is 0 Å². The molecule has 1 amide bonds. The van der Waals surface area contributed by atoms with Crippen molar-refractivity contribution in [3.63, 3.8) is 0 Å². The fourth-order valence-electron chi connectivity index (χ4n) is 2.71. The summed E-state index contributed by atoms with van der Waals surface area (Å²) in [6.07, 6.45) is 0. The van der Waals surface area contributed by atoms with Crippen molar-refractivity contribution >= 4 is 23.4 Å². The zero-order chi connectivity index (χ0) is 14.4. The van der Waals surface area contributed by atoms with Crippen LogP contribution >= 0.6 is 0 Å². The molecular formula is C15H13NO4. The van der Waals surface area contributed by atoms with E-state index in [0.29, 0.717) is 16.8 Å². The largest absolute Gasteiger partial charge is 0.462 e. The number of esters is 1. The Kier molecular flexibility index (Phi) is 2.71. The van der Waals surface area contributed by atoms with E-state index in [9.17, 15) is 14.4 Å². The molecule has 0 spiro atoms. The second kappa shape index (κ2) is 4.30. The van der Waals surface area contributed by atoms with Crippen LogP contribution < -0.4 is 0 Å². The number of hydrogen-bond donors (Lipinski definition) is 0. The standard InChI is InChI=1S/C15H13NO4/c1-3-20-15(19)11-12-9-6-4-5-7-10(9)14(18)16(12)8(2)13(11)17/h4-8H,3H2,1-2H3. The van der Waals surface area contributed by atoms with Crippen molar-refractivity contribution in [3.8, 4) is 0 Å². The molecule has 0 radical (unpaired) electrons. The first-order valence-electron chi connectivity index (χ1n) is 6.46. The van der Waals surface area contributed by atoms with Crippen LogP contribution in [0.5, 0.6) is 0 Å². The molecule has 5 nitrogen and oxygen atoms in total. The zero-order valence-electron chi connectivity index (χ0n) is 11.2. The Morgan fingerprint density at radius 1 is 1.25 bits per heavy atom. The maximum Gasteiger partial charge on any atom is 0.344 e. The van der Waals surface area contributed by atoms with E-state index in [-0.39, 0.29) is 23.9 Å². The Hall–Kier alpha value is -2.43. The molecule has 1 atom stereocenters. The minimum atomic E-state index is -0.663. The van der Waals surface area contributed by atoms with Crippen LogP contribution in [0.15, 0.2) is 29.8 Å². The summed E-state index contributed by atoms with van der Waals surface area (Å²) in [6, 6.07) is 6.31. The molecule has 0 saturated carbocycles. The van der Waals surface area contributed by atoms with Crippen molar-refractivity contribution in [2.24, 2.45) is 0 Å². The molecule has 1 aromatic rings. The average Bonchev–Trinajstić information content (AvgIpc) is 2.87. The number of nitrogens with zero attached hydrogens (tertiary/aromatic N) is 1. The van der Waals surface area contributed by atoms with Crippen molar-refractivity contribution < 1.29 is 19.1 Å². The van der Waals surface area contributed by atoms with Gasteiger partial charge in [-0.1, -0.05) is 18.2 Å². The summed E-state index contributed by atoms with van der Waals surface area (Å²) < 4.78 is 4.95. The van der Waals surface area contributed by atoms with Crippen molar-refractivity contribution in [3.05, 3.63) is 41.0 Å². The van der Waals surface area contributed by atoms with Crippen LogP contribution in [0.4, 0.5) is 0 Å². The summed E-state index contributed by atoms with van der Waals surface area (Å²) in [6.45, 7) is 3.49. The van der Waals surface area contributed by atoms with E-state index in [1.165, 1.54) is 4.90 Å². The highest BCUT2D eigenvalue weighted by atomic mass is 16.5. The van der Waals surface area contributed by atoms with Gasteiger partial charge in [0.05, 0.1) is 18.3 Å². The Morgan fingerprint density at radius 2 is 1.90 bits per heavy atom. The van der Waals surface area contributed by atoms with E-state index in [2.05, 4.69) is 0 Å². The Labute approximate surface area is 115 Å². The van der Waals surface area contributed by atoms with Crippen LogP contribution in [0.1, 0.15) is 29.8 Å². The second-order valence-electron chi connectivity index (χ2n) is 4.71. The highest BCUT2D eigenvalue weighted by Gasteiger charge is 2.49. The van der Waals surface area contributed by atoms with Crippen molar-refractivity contribution in [2.45, 2.75) is 19.9 Å². The lowest BCUT2D eigenvalue weighted by Crippen LogP contribution is -2.33.